The predicted octanol–water partition coefficient (Wildman–Crippen LogP) is 2.88. The van der Waals surface area contributed by atoms with E-state index in [2.05, 4.69) is 35.3 Å². The van der Waals surface area contributed by atoms with Crippen LogP contribution in [0.2, 0.25) is 0 Å². The van der Waals surface area contributed by atoms with E-state index in [1.165, 1.54) is 0 Å². The van der Waals surface area contributed by atoms with Crippen molar-refractivity contribution in [3.05, 3.63) is 29.3 Å². The first-order chi connectivity index (χ1) is 11.6. The predicted molar refractivity (Wildman–Crippen MR) is 96.5 cm³/mol. The molecule has 1 heterocycles. The van der Waals surface area contributed by atoms with E-state index in [1.807, 2.05) is 7.05 Å². The van der Waals surface area contributed by atoms with Crippen molar-refractivity contribution in [2.24, 2.45) is 5.92 Å². The molecule has 1 saturated carbocycles. The lowest BCUT2D eigenvalue weighted by Gasteiger charge is -2.33. The van der Waals surface area contributed by atoms with Crippen molar-refractivity contribution in [3.8, 4) is 5.75 Å². The maximum absolute atomic E-state index is 13.5. The Kier molecular flexibility index (Phi) is 5.14. The van der Waals surface area contributed by atoms with Gasteiger partial charge in [-0.1, -0.05) is 25.0 Å². The molecular formula is C20H30N2O2. The Bertz CT molecular complexity index is 593. The van der Waals surface area contributed by atoms with E-state index in [1.54, 1.807) is 7.11 Å². The summed E-state index contributed by atoms with van der Waals surface area (Å²) in [6.07, 6.45) is 5.31. The Morgan fingerprint density at radius 2 is 2.12 bits per heavy atom. The van der Waals surface area contributed by atoms with Gasteiger partial charge in [-0.2, -0.15) is 0 Å². The van der Waals surface area contributed by atoms with Crippen LogP contribution in [0.3, 0.4) is 0 Å². The highest BCUT2D eigenvalue weighted by molar-refractivity contribution is 5.89. The number of nitrogens with one attached hydrogen (secondary N) is 1. The van der Waals surface area contributed by atoms with Crippen LogP contribution in [-0.4, -0.2) is 44.6 Å². The standard InChI is InChI=1S/C20H30N2O2/c1-15-6-7-17(12-18(15)24-3)20(9-4-5-10-20)19(23)22-11-8-16(14-22)13-21-2/h6-7,12,16,21H,4-5,8-11,13-14H2,1-3H3. The maximum atomic E-state index is 13.5. The third-order valence-corrected chi connectivity index (χ3v) is 5.89. The molecule has 1 aromatic rings. The van der Waals surface area contributed by atoms with Crippen molar-refractivity contribution in [1.82, 2.24) is 10.2 Å². The first-order valence-corrected chi connectivity index (χ1v) is 9.20. The lowest BCUT2D eigenvalue weighted by molar-refractivity contribution is -0.136. The van der Waals surface area contributed by atoms with Crippen molar-refractivity contribution in [2.45, 2.75) is 44.4 Å². The van der Waals surface area contributed by atoms with Gasteiger partial charge < -0.3 is 15.0 Å². The van der Waals surface area contributed by atoms with Gasteiger partial charge in [-0.15, -0.1) is 0 Å². The van der Waals surface area contributed by atoms with E-state index in [0.29, 0.717) is 11.8 Å². The molecule has 132 valence electrons. The molecule has 1 amide bonds. The summed E-state index contributed by atoms with van der Waals surface area (Å²) in [5, 5.41) is 3.25. The molecule has 1 aliphatic heterocycles. The number of aryl methyl sites for hydroxylation is 1. The number of nitrogens with zero attached hydrogens (tertiary/aromatic N) is 1. The van der Waals surface area contributed by atoms with Gasteiger partial charge in [-0.25, -0.2) is 0 Å². The minimum atomic E-state index is -0.338. The zero-order valence-electron chi connectivity index (χ0n) is 15.2. The van der Waals surface area contributed by atoms with Gasteiger partial charge in [0.25, 0.3) is 0 Å². The average molecular weight is 330 g/mol. The molecule has 4 nitrogen and oxygen atoms in total. The SMILES string of the molecule is CNCC1CCN(C(=O)C2(c3ccc(C)c(OC)c3)CCCC2)C1. The molecule has 1 atom stereocenters. The van der Waals surface area contributed by atoms with Gasteiger partial charge in [-0.3, -0.25) is 4.79 Å². The number of benzene rings is 1. The summed E-state index contributed by atoms with van der Waals surface area (Å²) in [6.45, 7) is 4.84. The van der Waals surface area contributed by atoms with Crippen LogP contribution >= 0.6 is 0 Å². The minimum Gasteiger partial charge on any atom is -0.496 e. The van der Waals surface area contributed by atoms with Crippen LogP contribution < -0.4 is 10.1 Å². The summed E-state index contributed by atoms with van der Waals surface area (Å²) in [5.41, 5.74) is 1.93. The van der Waals surface area contributed by atoms with Gasteiger partial charge in [-0.05, 0) is 62.9 Å². The number of ether oxygens (including phenoxy) is 1. The zero-order valence-corrected chi connectivity index (χ0v) is 15.2. The van der Waals surface area contributed by atoms with Crippen molar-refractivity contribution in [1.29, 1.82) is 0 Å². The molecule has 4 heteroatoms. The Labute approximate surface area is 145 Å². The topological polar surface area (TPSA) is 41.6 Å². The molecule has 0 aromatic heterocycles. The van der Waals surface area contributed by atoms with Gasteiger partial charge in [0.15, 0.2) is 0 Å². The molecule has 1 saturated heterocycles. The molecule has 2 fully saturated rings. The highest BCUT2D eigenvalue weighted by atomic mass is 16.5. The van der Waals surface area contributed by atoms with Crippen molar-refractivity contribution in [2.75, 3.05) is 33.8 Å². The van der Waals surface area contributed by atoms with Gasteiger partial charge in [0, 0.05) is 13.1 Å². The van der Waals surface area contributed by atoms with Crippen molar-refractivity contribution in [3.63, 3.8) is 0 Å². The van der Waals surface area contributed by atoms with Gasteiger partial charge in [0.1, 0.15) is 5.75 Å². The summed E-state index contributed by atoms with van der Waals surface area (Å²) < 4.78 is 5.51. The first-order valence-electron chi connectivity index (χ1n) is 9.20. The first kappa shape index (κ1) is 17.3. The highest BCUT2D eigenvalue weighted by Gasteiger charge is 2.46. The molecule has 3 rings (SSSR count). The average Bonchev–Trinajstić information content (AvgIpc) is 3.25. The van der Waals surface area contributed by atoms with Crippen LogP contribution in [0.5, 0.6) is 5.75 Å². The summed E-state index contributed by atoms with van der Waals surface area (Å²) in [4.78, 5) is 15.6. The third kappa shape index (κ3) is 3.04. The summed E-state index contributed by atoms with van der Waals surface area (Å²) in [6, 6.07) is 6.33. The number of hydrogen-bond acceptors (Lipinski definition) is 3. The molecule has 1 N–H and O–H groups in total. The van der Waals surface area contributed by atoms with Crippen LogP contribution in [0, 0.1) is 12.8 Å². The molecule has 24 heavy (non-hydrogen) atoms. The fourth-order valence-electron chi connectivity index (χ4n) is 4.50. The fraction of sp³-hybridized carbons (Fsp3) is 0.650. The highest BCUT2D eigenvalue weighted by Crippen LogP contribution is 2.44. The van der Waals surface area contributed by atoms with E-state index in [-0.39, 0.29) is 5.41 Å². The lowest BCUT2D eigenvalue weighted by Crippen LogP contribution is -2.44. The Morgan fingerprint density at radius 1 is 1.38 bits per heavy atom. The Balaban J connectivity index is 1.87. The monoisotopic (exact) mass is 330 g/mol. The van der Waals surface area contributed by atoms with Gasteiger partial charge >= 0.3 is 0 Å². The van der Waals surface area contributed by atoms with Crippen LogP contribution in [0.4, 0.5) is 0 Å². The number of likely N-dealkylation sites (tertiary alicyclic amines) is 1. The number of hydrogen-bond donors (Lipinski definition) is 1. The van der Waals surface area contributed by atoms with Crippen molar-refractivity contribution >= 4 is 5.91 Å². The second-order valence-corrected chi connectivity index (χ2v) is 7.44. The number of methoxy groups -OCH3 is 1. The molecule has 1 aliphatic carbocycles. The summed E-state index contributed by atoms with van der Waals surface area (Å²) in [5.74, 6) is 1.82. The fourth-order valence-corrected chi connectivity index (χ4v) is 4.50. The van der Waals surface area contributed by atoms with E-state index < -0.39 is 0 Å². The quantitative estimate of drug-likeness (QED) is 0.902. The largest absolute Gasteiger partial charge is 0.496 e. The third-order valence-electron chi connectivity index (χ3n) is 5.89. The number of rotatable bonds is 5. The molecule has 0 bridgehead atoms. The molecule has 1 unspecified atom stereocenters. The van der Waals surface area contributed by atoms with Crippen LogP contribution in [0.1, 0.15) is 43.2 Å². The maximum Gasteiger partial charge on any atom is 0.233 e. The Hall–Kier alpha value is -1.55. The van der Waals surface area contributed by atoms with E-state index in [0.717, 1.165) is 68.6 Å². The molecule has 2 aliphatic rings. The van der Waals surface area contributed by atoms with E-state index >= 15 is 0 Å². The number of carbonyl (C=O) groups excluding carboxylic acids is 1. The second kappa shape index (κ2) is 7.14. The number of amides is 1. The van der Waals surface area contributed by atoms with Crippen molar-refractivity contribution < 1.29 is 9.53 Å². The normalized spacial score (nSPS) is 22.8. The van der Waals surface area contributed by atoms with E-state index in [4.69, 9.17) is 4.74 Å². The van der Waals surface area contributed by atoms with Crippen LogP contribution in [-0.2, 0) is 10.2 Å². The molecule has 1 aromatic carbocycles. The summed E-state index contributed by atoms with van der Waals surface area (Å²) >= 11 is 0. The smallest absolute Gasteiger partial charge is 0.233 e. The van der Waals surface area contributed by atoms with Crippen LogP contribution in [0.15, 0.2) is 18.2 Å². The summed E-state index contributed by atoms with van der Waals surface area (Å²) in [7, 11) is 3.69. The van der Waals surface area contributed by atoms with Gasteiger partial charge in [0.05, 0.1) is 12.5 Å². The number of carbonyl (C=O) groups is 1. The van der Waals surface area contributed by atoms with Gasteiger partial charge in [0.2, 0.25) is 5.91 Å². The lowest BCUT2D eigenvalue weighted by atomic mass is 9.77. The van der Waals surface area contributed by atoms with E-state index in [9.17, 15) is 4.79 Å². The minimum absolute atomic E-state index is 0.338. The zero-order chi connectivity index (χ0) is 17.2. The molecule has 0 radical (unpaired) electrons. The second-order valence-electron chi connectivity index (χ2n) is 7.44. The Morgan fingerprint density at radius 3 is 2.79 bits per heavy atom. The molecule has 0 spiro atoms. The van der Waals surface area contributed by atoms with Crippen LogP contribution in [0.25, 0.3) is 0 Å². The molecular weight excluding hydrogens is 300 g/mol.